The molecule has 0 aliphatic rings. The van der Waals surface area contributed by atoms with Crippen LogP contribution >= 0.6 is 0 Å². The number of anilines is 1. The normalized spacial score (nSPS) is 10.6. The van der Waals surface area contributed by atoms with Gasteiger partial charge >= 0.3 is 0 Å². The molecule has 0 saturated carbocycles. The van der Waals surface area contributed by atoms with Gasteiger partial charge in [0.2, 0.25) is 5.91 Å². The molecule has 0 bridgehead atoms. The topological polar surface area (TPSA) is 38.3 Å². The molecular weight excluding hydrogens is 276 g/mol. The summed E-state index contributed by atoms with van der Waals surface area (Å²) in [4.78, 5) is 11.7. The first-order chi connectivity index (χ1) is 10.1. The van der Waals surface area contributed by atoms with Crippen molar-refractivity contribution in [3.8, 4) is 5.75 Å². The predicted molar refractivity (Wildman–Crippen MR) is 77.0 cm³/mol. The second-order valence-electron chi connectivity index (χ2n) is 4.22. The number of ether oxygens (including phenoxy) is 1. The minimum Gasteiger partial charge on any atom is -0.497 e. The van der Waals surface area contributed by atoms with E-state index in [2.05, 4.69) is 5.32 Å². The van der Waals surface area contributed by atoms with E-state index in [1.165, 1.54) is 12.1 Å². The lowest BCUT2D eigenvalue weighted by Crippen LogP contribution is -2.09. The summed E-state index contributed by atoms with van der Waals surface area (Å²) in [5.41, 5.74) is 0.728. The molecule has 0 radical (unpaired) electrons. The van der Waals surface area contributed by atoms with Gasteiger partial charge in [0, 0.05) is 12.1 Å². The Labute approximate surface area is 120 Å². The standard InChI is InChI=1S/C16H13F2NO2/c1-21-13-6-2-11(3-7-13)4-9-16(20)19-15-8-5-12(17)10-14(15)18/h2-10H,1H3,(H,19,20). The van der Waals surface area contributed by atoms with Crippen LogP contribution in [-0.2, 0) is 4.79 Å². The molecule has 0 saturated heterocycles. The first-order valence-electron chi connectivity index (χ1n) is 6.16. The number of carbonyl (C=O) groups excluding carboxylic acids is 1. The fraction of sp³-hybridized carbons (Fsp3) is 0.0625. The molecule has 1 N–H and O–H groups in total. The van der Waals surface area contributed by atoms with Gasteiger partial charge in [-0.25, -0.2) is 8.78 Å². The highest BCUT2D eigenvalue weighted by Gasteiger charge is 2.05. The molecule has 3 nitrogen and oxygen atoms in total. The van der Waals surface area contributed by atoms with E-state index in [9.17, 15) is 13.6 Å². The van der Waals surface area contributed by atoms with Crippen molar-refractivity contribution in [2.75, 3.05) is 12.4 Å². The van der Waals surface area contributed by atoms with Gasteiger partial charge in [-0.15, -0.1) is 0 Å². The van der Waals surface area contributed by atoms with Crippen LogP contribution < -0.4 is 10.1 Å². The maximum absolute atomic E-state index is 13.4. The third-order valence-electron chi connectivity index (χ3n) is 2.73. The van der Waals surface area contributed by atoms with Crippen molar-refractivity contribution in [1.29, 1.82) is 0 Å². The summed E-state index contributed by atoms with van der Waals surface area (Å²) in [6.07, 6.45) is 2.85. The Balaban J connectivity index is 2.01. The zero-order chi connectivity index (χ0) is 15.2. The average molecular weight is 289 g/mol. The number of hydrogen-bond donors (Lipinski definition) is 1. The third kappa shape index (κ3) is 4.14. The van der Waals surface area contributed by atoms with Gasteiger partial charge in [-0.3, -0.25) is 4.79 Å². The number of carbonyl (C=O) groups is 1. The van der Waals surface area contributed by atoms with Crippen LogP contribution in [0, 0.1) is 11.6 Å². The Morgan fingerprint density at radius 3 is 2.48 bits per heavy atom. The highest BCUT2D eigenvalue weighted by atomic mass is 19.1. The van der Waals surface area contributed by atoms with Gasteiger partial charge < -0.3 is 10.1 Å². The van der Waals surface area contributed by atoms with E-state index >= 15 is 0 Å². The predicted octanol–water partition coefficient (Wildman–Crippen LogP) is 3.63. The van der Waals surface area contributed by atoms with Crippen molar-refractivity contribution in [3.05, 3.63) is 65.7 Å². The van der Waals surface area contributed by atoms with Gasteiger partial charge in [-0.2, -0.15) is 0 Å². The summed E-state index contributed by atoms with van der Waals surface area (Å²) in [5.74, 6) is -1.30. The smallest absolute Gasteiger partial charge is 0.248 e. The van der Waals surface area contributed by atoms with Crippen LogP contribution in [-0.4, -0.2) is 13.0 Å². The van der Waals surface area contributed by atoms with E-state index < -0.39 is 17.5 Å². The van der Waals surface area contributed by atoms with Gasteiger partial charge in [0.1, 0.15) is 17.4 Å². The molecule has 0 aliphatic heterocycles. The largest absolute Gasteiger partial charge is 0.497 e. The first kappa shape index (κ1) is 14.7. The van der Waals surface area contributed by atoms with Crippen molar-refractivity contribution in [1.82, 2.24) is 0 Å². The minimum absolute atomic E-state index is 0.0687. The molecule has 0 unspecified atom stereocenters. The SMILES string of the molecule is COc1ccc(C=CC(=O)Nc2ccc(F)cc2F)cc1. The van der Waals surface area contributed by atoms with Gasteiger partial charge in [-0.05, 0) is 35.9 Å². The molecule has 0 heterocycles. The highest BCUT2D eigenvalue weighted by Crippen LogP contribution is 2.15. The zero-order valence-electron chi connectivity index (χ0n) is 11.3. The Hall–Kier alpha value is -2.69. The maximum atomic E-state index is 13.4. The van der Waals surface area contributed by atoms with E-state index in [1.807, 2.05) is 0 Å². The van der Waals surface area contributed by atoms with Crippen molar-refractivity contribution in [2.45, 2.75) is 0 Å². The number of hydrogen-bond acceptors (Lipinski definition) is 2. The summed E-state index contributed by atoms with van der Waals surface area (Å²) < 4.78 is 31.1. The van der Waals surface area contributed by atoms with E-state index in [1.54, 1.807) is 37.5 Å². The summed E-state index contributed by atoms with van der Waals surface area (Å²) in [5, 5.41) is 2.34. The highest BCUT2D eigenvalue weighted by molar-refractivity contribution is 6.01. The van der Waals surface area contributed by atoms with Gasteiger partial charge in [0.05, 0.1) is 12.8 Å². The van der Waals surface area contributed by atoms with Crippen LogP contribution in [0.15, 0.2) is 48.5 Å². The fourth-order valence-corrected chi connectivity index (χ4v) is 1.65. The van der Waals surface area contributed by atoms with E-state index in [-0.39, 0.29) is 5.69 Å². The average Bonchev–Trinajstić information content (AvgIpc) is 2.48. The molecule has 1 amide bonds. The Morgan fingerprint density at radius 1 is 1.14 bits per heavy atom. The molecule has 0 spiro atoms. The Morgan fingerprint density at radius 2 is 1.86 bits per heavy atom. The second-order valence-corrected chi connectivity index (χ2v) is 4.22. The quantitative estimate of drug-likeness (QED) is 0.873. The van der Waals surface area contributed by atoms with Crippen molar-refractivity contribution in [2.24, 2.45) is 0 Å². The number of halogens is 2. The van der Waals surface area contributed by atoms with Crippen molar-refractivity contribution in [3.63, 3.8) is 0 Å². The van der Waals surface area contributed by atoms with Crippen molar-refractivity contribution < 1.29 is 18.3 Å². The molecule has 21 heavy (non-hydrogen) atoms. The van der Waals surface area contributed by atoms with Gasteiger partial charge in [-0.1, -0.05) is 12.1 Å². The fourth-order valence-electron chi connectivity index (χ4n) is 1.65. The molecule has 2 rings (SSSR count). The second kappa shape index (κ2) is 6.65. The lowest BCUT2D eigenvalue weighted by molar-refractivity contribution is -0.111. The van der Waals surface area contributed by atoms with Crippen LogP contribution in [0.2, 0.25) is 0 Å². The zero-order valence-corrected chi connectivity index (χ0v) is 11.3. The minimum atomic E-state index is -0.818. The van der Waals surface area contributed by atoms with Crippen LogP contribution in [0.4, 0.5) is 14.5 Å². The molecular formula is C16H13F2NO2. The van der Waals surface area contributed by atoms with Crippen molar-refractivity contribution >= 4 is 17.7 Å². The number of methoxy groups -OCH3 is 1. The molecule has 108 valence electrons. The molecule has 5 heteroatoms. The molecule has 0 aliphatic carbocycles. The third-order valence-corrected chi connectivity index (χ3v) is 2.73. The lowest BCUT2D eigenvalue weighted by atomic mass is 10.2. The Bertz CT molecular complexity index is 666. The summed E-state index contributed by atoms with van der Waals surface area (Å²) >= 11 is 0. The van der Waals surface area contributed by atoms with E-state index in [0.717, 1.165) is 11.6 Å². The number of amides is 1. The van der Waals surface area contributed by atoms with Gasteiger partial charge in [0.15, 0.2) is 0 Å². The lowest BCUT2D eigenvalue weighted by Gasteiger charge is -2.03. The molecule has 0 fully saturated rings. The van der Waals surface area contributed by atoms with Crippen LogP contribution in [0.1, 0.15) is 5.56 Å². The van der Waals surface area contributed by atoms with Crippen LogP contribution in [0.25, 0.3) is 6.08 Å². The maximum Gasteiger partial charge on any atom is 0.248 e. The number of benzene rings is 2. The van der Waals surface area contributed by atoms with Crippen LogP contribution in [0.5, 0.6) is 5.75 Å². The summed E-state index contributed by atoms with van der Waals surface area (Å²) in [6.45, 7) is 0. The summed E-state index contributed by atoms with van der Waals surface area (Å²) in [7, 11) is 1.57. The monoisotopic (exact) mass is 289 g/mol. The first-order valence-corrected chi connectivity index (χ1v) is 6.16. The number of rotatable bonds is 4. The number of nitrogens with one attached hydrogen (secondary N) is 1. The molecule has 0 aromatic heterocycles. The molecule has 2 aromatic rings. The summed E-state index contributed by atoms with van der Waals surface area (Å²) in [6, 6.07) is 10.0. The Kier molecular flexibility index (Phi) is 4.66. The van der Waals surface area contributed by atoms with Crippen LogP contribution in [0.3, 0.4) is 0 Å². The van der Waals surface area contributed by atoms with E-state index in [4.69, 9.17) is 4.74 Å². The molecule has 2 aromatic carbocycles. The molecule has 0 atom stereocenters. The van der Waals surface area contributed by atoms with E-state index in [0.29, 0.717) is 11.8 Å². The van der Waals surface area contributed by atoms with Gasteiger partial charge in [0.25, 0.3) is 0 Å².